The van der Waals surface area contributed by atoms with Crippen molar-refractivity contribution in [1.29, 1.82) is 0 Å². The fourth-order valence-electron chi connectivity index (χ4n) is 5.45. The summed E-state index contributed by atoms with van der Waals surface area (Å²) in [5.41, 5.74) is 2.52. The van der Waals surface area contributed by atoms with Crippen molar-refractivity contribution in [2.75, 3.05) is 19.7 Å². The van der Waals surface area contributed by atoms with Crippen molar-refractivity contribution in [3.8, 4) is 17.3 Å². The molecule has 234 valence electrons. The summed E-state index contributed by atoms with van der Waals surface area (Å²) in [4.78, 5) is 24.2. The van der Waals surface area contributed by atoms with Crippen molar-refractivity contribution >= 4 is 22.8 Å². The highest BCUT2D eigenvalue weighted by Gasteiger charge is 2.38. The molecule has 11 nitrogen and oxygen atoms in total. The Morgan fingerprint density at radius 2 is 1.80 bits per heavy atom. The Balaban J connectivity index is 1.02. The standard InChI is InChI=1S/C30H28ClF3N8O3/c31-20-3-1-18(2-4-20)13-24-35-9-5-26(38-24)44-21-6-10-41(11-7-21)17-25-37-23-14-19(27-39-29(45-40-27)30(32,33)34)15-36-28(23)42(25)16-22-8-12-43-22/h1-5,9,14-15,21-22H,6-8,10-13,16-17H2/t22-/m0/s1. The summed E-state index contributed by atoms with van der Waals surface area (Å²) in [7, 11) is 0. The number of nitrogens with zero attached hydrogens (tertiary/aromatic N) is 8. The molecule has 4 aromatic heterocycles. The van der Waals surface area contributed by atoms with E-state index >= 15 is 0 Å². The maximum atomic E-state index is 13.0. The van der Waals surface area contributed by atoms with E-state index in [1.165, 1.54) is 6.20 Å². The predicted octanol–water partition coefficient (Wildman–Crippen LogP) is 5.37. The molecular formula is C30H28ClF3N8O3. The third-order valence-electron chi connectivity index (χ3n) is 7.91. The highest BCUT2D eigenvalue weighted by molar-refractivity contribution is 6.30. The number of benzene rings is 1. The number of hydrogen-bond acceptors (Lipinski definition) is 10. The summed E-state index contributed by atoms with van der Waals surface area (Å²) >= 11 is 5.99. The highest BCUT2D eigenvalue weighted by Crippen LogP contribution is 2.30. The molecule has 2 fully saturated rings. The molecule has 1 aromatic carbocycles. The second-order valence-electron chi connectivity index (χ2n) is 11.1. The number of likely N-dealkylation sites (tertiary alicyclic amines) is 1. The fourth-order valence-corrected chi connectivity index (χ4v) is 5.58. The van der Waals surface area contributed by atoms with Gasteiger partial charge in [0.05, 0.1) is 19.2 Å². The lowest BCUT2D eigenvalue weighted by molar-refractivity contribution is -0.159. The van der Waals surface area contributed by atoms with Crippen LogP contribution in [0, 0.1) is 0 Å². The number of hydrogen-bond donors (Lipinski definition) is 0. The van der Waals surface area contributed by atoms with Crippen LogP contribution in [-0.4, -0.2) is 71.4 Å². The van der Waals surface area contributed by atoms with Crippen LogP contribution in [0.4, 0.5) is 13.2 Å². The largest absolute Gasteiger partial charge is 0.474 e. The zero-order chi connectivity index (χ0) is 31.0. The quantitative estimate of drug-likeness (QED) is 0.208. The number of alkyl halides is 3. The van der Waals surface area contributed by atoms with E-state index in [4.69, 9.17) is 26.1 Å². The number of halogens is 4. The molecule has 15 heteroatoms. The molecule has 0 N–H and O–H groups in total. The molecule has 0 unspecified atom stereocenters. The van der Waals surface area contributed by atoms with Crippen molar-refractivity contribution < 1.29 is 27.2 Å². The first-order chi connectivity index (χ1) is 21.8. The van der Waals surface area contributed by atoms with Gasteiger partial charge in [-0.3, -0.25) is 4.90 Å². The van der Waals surface area contributed by atoms with E-state index in [0.717, 1.165) is 43.7 Å². The number of imidazole rings is 1. The Kier molecular flexibility index (Phi) is 8.10. The lowest BCUT2D eigenvalue weighted by Crippen LogP contribution is -2.39. The Hall–Kier alpha value is -4.14. The van der Waals surface area contributed by atoms with Gasteiger partial charge in [-0.15, -0.1) is 0 Å². The van der Waals surface area contributed by atoms with Crippen LogP contribution < -0.4 is 4.74 Å². The molecule has 2 aliphatic heterocycles. The van der Waals surface area contributed by atoms with Crippen LogP contribution in [0.3, 0.4) is 0 Å². The summed E-state index contributed by atoms with van der Waals surface area (Å²) in [5, 5.41) is 4.17. The van der Waals surface area contributed by atoms with Crippen molar-refractivity contribution in [3.63, 3.8) is 0 Å². The molecule has 2 aliphatic rings. The van der Waals surface area contributed by atoms with E-state index in [9.17, 15) is 13.2 Å². The molecular weight excluding hydrogens is 613 g/mol. The molecule has 2 saturated heterocycles. The molecule has 6 heterocycles. The molecule has 0 bridgehead atoms. The fraction of sp³-hybridized carbons (Fsp3) is 0.400. The van der Waals surface area contributed by atoms with E-state index in [1.807, 2.05) is 28.8 Å². The van der Waals surface area contributed by atoms with Gasteiger partial charge in [0.15, 0.2) is 5.65 Å². The molecule has 0 spiro atoms. The van der Waals surface area contributed by atoms with Crippen molar-refractivity contribution in [3.05, 3.63) is 76.9 Å². The summed E-state index contributed by atoms with van der Waals surface area (Å²) < 4.78 is 57.3. The first-order valence-corrected chi connectivity index (χ1v) is 15.0. The van der Waals surface area contributed by atoms with Crippen molar-refractivity contribution in [2.45, 2.75) is 57.2 Å². The third kappa shape index (κ3) is 6.77. The lowest BCUT2D eigenvalue weighted by Gasteiger charge is -2.32. The van der Waals surface area contributed by atoms with Gasteiger partial charge in [0.25, 0.3) is 0 Å². The van der Waals surface area contributed by atoms with Crippen LogP contribution in [0.15, 0.2) is 53.3 Å². The summed E-state index contributed by atoms with van der Waals surface area (Å²) in [6, 6.07) is 11.0. The first-order valence-electron chi connectivity index (χ1n) is 14.6. The van der Waals surface area contributed by atoms with Crippen molar-refractivity contribution in [1.82, 2.24) is 39.5 Å². The topological polar surface area (TPSA) is 117 Å². The average Bonchev–Trinajstić information content (AvgIpc) is 3.63. The van der Waals surface area contributed by atoms with Gasteiger partial charge < -0.3 is 18.6 Å². The van der Waals surface area contributed by atoms with Crippen LogP contribution in [-0.2, 0) is 30.4 Å². The molecule has 0 radical (unpaired) electrons. The zero-order valence-electron chi connectivity index (χ0n) is 24.0. The van der Waals surface area contributed by atoms with Gasteiger partial charge in [-0.1, -0.05) is 28.9 Å². The highest BCUT2D eigenvalue weighted by atomic mass is 35.5. The Morgan fingerprint density at radius 3 is 2.51 bits per heavy atom. The minimum Gasteiger partial charge on any atom is -0.474 e. The molecule has 1 atom stereocenters. The number of aromatic nitrogens is 7. The van der Waals surface area contributed by atoms with Gasteiger partial charge in [-0.25, -0.2) is 15.0 Å². The molecule has 5 aromatic rings. The predicted molar refractivity (Wildman–Crippen MR) is 155 cm³/mol. The van der Waals surface area contributed by atoms with Crippen LogP contribution in [0.25, 0.3) is 22.6 Å². The van der Waals surface area contributed by atoms with Crippen molar-refractivity contribution in [2.24, 2.45) is 0 Å². The number of ether oxygens (including phenoxy) is 2. The summed E-state index contributed by atoms with van der Waals surface area (Å²) in [6.45, 7) is 3.46. The van der Waals surface area contributed by atoms with Crippen LogP contribution in [0.1, 0.15) is 42.4 Å². The Bertz CT molecular complexity index is 1780. The number of fused-ring (bicyclic) bond motifs is 1. The van der Waals surface area contributed by atoms with Gasteiger partial charge in [0, 0.05) is 55.2 Å². The minimum atomic E-state index is -4.73. The van der Waals surface area contributed by atoms with Gasteiger partial charge in [0.1, 0.15) is 23.3 Å². The minimum absolute atomic E-state index is 0.0162. The Morgan fingerprint density at radius 1 is 1.00 bits per heavy atom. The molecule has 7 rings (SSSR count). The smallest absolute Gasteiger partial charge is 0.471 e. The monoisotopic (exact) mass is 640 g/mol. The van der Waals surface area contributed by atoms with Gasteiger partial charge >= 0.3 is 12.1 Å². The molecule has 0 saturated carbocycles. The lowest BCUT2D eigenvalue weighted by atomic mass is 10.1. The third-order valence-corrected chi connectivity index (χ3v) is 8.16. The van der Waals surface area contributed by atoms with E-state index in [0.29, 0.717) is 54.0 Å². The molecule has 0 amide bonds. The van der Waals surface area contributed by atoms with E-state index < -0.39 is 12.1 Å². The number of rotatable bonds is 9. The van der Waals surface area contributed by atoms with Crippen LogP contribution >= 0.6 is 11.6 Å². The second kappa shape index (κ2) is 12.3. The number of piperidine rings is 1. The summed E-state index contributed by atoms with van der Waals surface area (Å²) in [5.74, 6) is 0.435. The van der Waals surface area contributed by atoms with E-state index in [-0.39, 0.29) is 23.6 Å². The normalized spacial score (nSPS) is 17.9. The second-order valence-corrected chi connectivity index (χ2v) is 11.6. The maximum absolute atomic E-state index is 13.0. The van der Waals surface area contributed by atoms with E-state index in [1.54, 1.807) is 18.3 Å². The molecule has 45 heavy (non-hydrogen) atoms. The van der Waals surface area contributed by atoms with Crippen LogP contribution in [0.5, 0.6) is 5.88 Å². The van der Waals surface area contributed by atoms with Gasteiger partial charge in [-0.05, 0) is 43.0 Å². The van der Waals surface area contributed by atoms with E-state index in [2.05, 4.69) is 34.5 Å². The summed E-state index contributed by atoms with van der Waals surface area (Å²) in [6.07, 6.45) is 1.64. The Labute approximate surface area is 260 Å². The molecule has 0 aliphatic carbocycles. The number of pyridine rings is 1. The SMILES string of the molecule is FC(F)(F)c1nc(-c2cnc3c(c2)nc(CN2CCC(Oc4ccnc(Cc5ccc(Cl)cc5)n4)CC2)n3C[C@@H]2CCO2)no1. The maximum Gasteiger partial charge on any atom is 0.471 e. The van der Waals surface area contributed by atoms with Gasteiger partial charge in [0.2, 0.25) is 11.7 Å². The average molecular weight is 641 g/mol. The first kappa shape index (κ1) is 29.6. The van der Waals surface area contributed by atoms with Gasteiger partial charge in [-0.2, -0.15) is 23.1 Å². The zero-order valence-corrected chi connectivity index (χ0v) is 24.7. The van der Waals surface area contributed by atoms with Crippen LogP contribution in [0.2, 0.25) is 5.02 Å².